The second kappa shape index (κ2) is 6.47. The predicted octanol–water partition coefficient (Wildman–Crippen LogP) is 2.57. The monoisotopic (exact) mass is 306 g/mol. The maximum absolute atomic E-state index is 4.40. The number of aromatic nitrogens is 2. The molecule has 0 atom stereocenters. The van der Waals surface area contributed by atoms with Crippen molar-refractivity contribution in [2.45, 2.75) is 13.1 Å². The zero-order chi connectivity index (χ0) is 12.8. The second-order valence-corrected chi connectivity index (χ2v) is 4.79. The number of nitrogens with zero attached hydrogens (tertiary/aromatic N) is 2. The third kappa shape index (κ3) is 3.78. The molecular weight excluding hydrogens is 292 g/mol. The van der Waals surface area contributed by atoms with E-state index in [1.165, 1.54) is 5.56 Å². The molecule has 4 nitrogen and oxygen atoms in total. The van der Waals surface area contributed by atoms with Crippen LogP contribution in [0, 0.1) is 0 Å². The Bertz CT molecular complexity index is 516. The Morgan fingerprint density at radius 2 is 2.11 bits per heavy atom. The highest BCUT2D eigenvalue weighted by atomic mass is 79.9. The van der Waals surface area contributed by atoms with Crippen LogP contribution < -0.4 is 10.6 Å². The molecule has 2 N–H and O–H groups in total. The van der Waals surface area contributed by atoms with Crippen LogP contribution in [0.4, 0.5) is 5.82 Å². The highest BCUT2D eigenvalue weighted by Crippen LogP contribution is 2.13. The number of anilines is 1. The summed E-state index contributed by atoms with van der Waals surface area (Å²) in [6, 6.07) is 10.1. The lowest BCUT2D eigenvalue weighted by Crippen LogP contribution is -2.10. The highest BCUT2D eigenvalue weighted by Gasteiger charge is 1.99. The van der Waals surface area contributed by atoms with Crippen LogP contribution in [0.3, 0.4) is 0 Å². The van der Waals surface area contributed by atoms with Gasteiger partial charge in [0.25, 0.3) is 0 Å². The number of hydrogen-bond donors (Lipinski definition) is 2. The second-order valence-electron chi connectivity index (χ2n) is 3.87. The fourth-order valence-corrected chi connectivity index (χ4v) is 2.03. The van der Waals surface area contributed by atoms with Gasteiger partial charge in [-0.2, -0.15) is 0 Å². The minimum Gasteiger partial charge on any atom is -0.366 e. The number of hydrogen-bond acceptors (Lipinski definition) is 4. The summed E-state index contributed by atoms with van der Waals surface area (Å²) < 4.78 is 1.08. The summed E-state index contributed by atoms with van der Waals surface area (Å²) in [6.07, 6.45) is 1.77. The molecule has 0 aliphatic carbocycles. The van der Waals surface area contributed by atoms with Crippen LogP contribution in [0.5, 0.6) is 0 Å². The van der Waals surface area contributed by atoms with E-state index in [2.05, 4.69) is 48.7 Å². The van der Waals surface area contributed by atoms with E-state index in [4.69, 9.17) is 0 Å². The molecule has 94 valence electrons. The lowest BCUT2D eigenvalue weighted by atomic mass is 10.2. The molecule has 1 heterocycles. The van der Waals surface area contributed by atoms with Gasteiger partial charge in [-0.25, -0.2) is 9.97 Å². The molecule has 0 saturated carbocycles. The largest absolute Gasteiger partial charge is 0.366 e. The van der Waals surface area contributed by atoms with Gasteiger partial charge in [-0.3, -0.25) is 0 Å². The van der Waals surface area contributed by atoms with E-state index in [-0.39, 0.29) is 0 Å². The highest BCUT2D eigenvalue weighted by molar-refractivity contribution is 9.10. The van der Waals surface area contributed by atoms with Gasteiger partial charge in [-0.15, -0.1) is 0 Å². The molecule has 0 bridgehead atoms. The van der Waals surface area contributed by atoms with Gasteiger partial charge in [-0.05, 0) is 30.8 Å². The fraction of sp³-hybridized carbons (Fsp3) is 0.231. The Kier molecular flexibility index (Phi) is 4.66. The van der Waals surface area contributed by atoms with Crippen LogP contribution >= 0.6 is 15.9 Å². The molecule has 0 unspecified atom stereocenters. The molecular formula is C13H15BrN4. The maximum atomic E-state index is 4.40. The van der Waals surface area contributed by atoms with Gasteiger partial charge < -0.3 is 10.6 Å². The van der Waals surface area contributed by atoms with Crippen molar-refractivity contribution in [3.63, 3.8) is 0 Å². The normalized spacial score (nSPS) is 10.3. The Labute approximate surface area is 115 Å². The zero-order valence-corrected chi connectivity index (χ0v) is 11.7. The molecule has 18 heavy (non-hydrogen) atoms. The Balaban J connectivity index is 1.99. The van der Waals surface area contributed by atoms with Crippen molar-refractivity contribution in [3.8, 4) is 0 Å². The van der Waals surface area contributed by atoms with Crippen molar-refractivity contribution in [2.24, 2.45) is 0 Å². The molecule has 0 aliphatic rings. The average molecular weight is 307 g/mol. The first-order valence-corrected chi connectivity index (χ1v) is 6.52. The molecule has 0 saturated heterocycles. The number of halogens is 1. The van der Waals surface area contributed by atoms with Crippen molar-refractivity contribution < 1.29 is 0 Å². The summed E-state index contributed by atoms with van der Waals surface area (Å²) in [5, 5.41) is 6.32. The first kappa shape index (κ1) is 13.0. The summed E-state index contributed by atoms with van der Waals surface area (Å²) in [6.45, 7) is 1.42. The molecule has 0 fully saturated rings. The fourth-order valence-electron chi connectivity index (χ4n) is 1.58. The van der Waals surface area contributed by atoms with E-state index in [1.54, 1.807) is 6.20 Å². The first-order valence-electron chi connectivity index (χ1n) is 5.73. The molecule has 1 aromatic carbocycles. The summed E-state index contributed by atoms with van der Waals surface area (Å²) >= 11 is 3.46. The standard InChI is InChI=1S/C13H15BrN4/c1-15-9-13-16-6-5-12(18-13)17-8-10-3-2-4-11(14)7-10/h2-7,15H,8-9H2,1H3,(H,16,17,18). The zero-order valence-electron chi connectivity index (χ0n) is 10.2. The third-order valence-electron chi connectivity index (χ3n) is 2.40. The van der Waals surface area contributed by atoms with Gasteiger partial charge in [0, 0.05) is 17.2 Å². The minimum absolute atomic E-state index is 0.673. The van der Waals surface area contributed by atoms with E-state index >= 15 is 0 Å². The lowest BCUT2D eigenvalue weighted by molar-refractivity contribution is 0.758. The van der Waals surface area contributed by atoms with E-state index in [0.29, 0.717) is 6.54 Å². The Hall–Kier alpha value is -1.46. The average Bonchev–Trinajstić information content (AvgIpc) is 2.37. The van der Waals surface area contributed by atoms with Crippen LogP contribution in [-0.4, -0.2) is 17.0 Å². The quantitative estimate of drug-likeness (QED) is 0.891. The van der Waals surface area contributed by atoms with Crippen molar-refractivity contribution >= 4 is 21.7 Å². The molecule has 2 aromatic rings. The van der Waals surface area contributed by atoms with E-state index < -0.39 is 0 Å². The summed E-state index contributed by atoms with van der Waals surface area (Å²) in [7, 11) is 1.88. The van der Waals surface area contributed by atoms with Gasteiger partial charge in [-0.1, -0.05) is 28.1 Å². The summed E-state index contributed by atoms with van der Waals surface area (Å²) in [4.78, 5) is 8.58. The first-order chi connectivity index (χ1) is 8.78. The van der Waals surface area contributed by atoms with Crippen molar-refractivity contribution in [3.05, 3.63) is 52.4 Å². The molecule has 1 aromatic heterocycles. The van der Waals surface area contributed by atoms with Crippen molar-refractivity contribution in [2.75, 3.05) is 12.4 Å². The SMILES string of the molecule is CNCc1nccc(NCc2cccc(Br)c2)n1. The minimum atomic E-state index is 0.673. The van der Waals surface area contributed by atoms with E-state index in [1.807, 2.05) is 25.2 Å². The lowest BCUT2D eigenvalue weighted by Gasteiger charge is -2.07. The van der Waals surface area contributed by atoms with Crippen LogP contribution in [0.15, 0.2) is 41.0 Å². The predicted molar refractivity (Wildman–Crippen MR) is 76.3 cm³/mol. The Morgan fingerprint density at radius 1 is 1.22 bits per heavy atom. The summed E-state index contributed by atoms with van der Waals surface area (Å²) in [5.41, 5.74) is 1.21. The van der Waals surface area contributed by atoms with Gasteiger partial charge in [0.1, 0.15) is 11.6 Å². The number of rotatable bonds is 5. The molecule has 5 heteroatoms. The van der Waals surface area contributed by atoms with E-state index in [9.17, 15) is 0 Å². The van der Waals surface area contributed by atoms with Crippen LogP contribution in [0.1, 0.15) is 11.4 Å². The molecule has 0 spiro atoms. The number of nitrogens with one attached hydrogen (secondary N) is 2. The summed E-state index contributed by atoms with van der Waals surface area (Å²) in [5.74, 6) is 1.63. The van der Waals surface area contributed by atoms with Crippen molar-refractivity contribution in [1.82, 2.24) is 15.3 Å². The third-order valence-corrected chi connectivity index (χ3v) is 2.90. The van der Waals surface area contributed by atoms with E-state index in [0.717, 1.165) is 22.7 Å². The van der Waals surface area contributed by atoms with Gasteiger partial charge in [0.15, 0.2) is 0 Å². The molecule has 2 rings (SSSR count). The molecule has 0 amide bonds. The molecule has 0 aliphatic heterocycles. The van der Waals surface area contributed by atoms with Crippen molar-refractivity contribution in [1.29, 1.82) is 0 Å². The number of benzene rings is 1. The van der Waals surface area contributed by atoms with Crippen LogP contribution in [0.2, 0.25) is 0 Å². The van der Waals surface area contributed by atoms with Gasteiger partial charge >= 0.3 is 0 Å². The van der Waals surface area contributed by atoms with Gasteiger partial charge in [0.2, 0.25) is 0 Å². The topological polar surface area (TPSA) is 49.8 Å². The van der Waals surface area contributed by atoms with Crippen LogP contribution in [-0.2, 0) is 13.1 Å². The smallest absolute Gasteiger partial charge is 0.144 e. The Morgan fingerprint density at radius 3 is 2.89 bits per heavy atom. The maximum Gasteiger partial charge on any atom is 0.144 e. The molecule has 0 radical (unpaired) electrons. The van der Waals surface area contributed by atoms with Crippen LogP contribution in [0.25, 0.3) is 0 Å². The van der Waals surface area contributed by atoms with Gasteiger partial charge in [0.05, 0.1) is 6.54 Å².